The molecule has 156 valence electrons. The second-order valence-electron chi connectivity index (χ2n) is 6.92. The van der Waals surface area contributed by atoms with Crippen molar-refractivity contribution >= 4 is 46.7 Å². The molecule has 1 heterocycles. The minimum absolute atomic E-state index is 0. The highest BCUT2D eigenvalue weighted by molar-refractivity contribution is 14.0. The predicted octanol–water partition coefficient (Wildman–Crippen LogP) is 3.31. The molecule has 0 fully saturated rings. The number of aryl methyl sites for hydroxylation is 1. The number of nitrogens with one attached hydrogen (secondary N) is 3. The molecule has 2 rings (SSSR count). The largest absolute Gasteiger partial charge is 0.361 e. The van der Waals surface area contributed by atoms with Crippen LogP contribution in [0.1, 0.15) is 37.8 Å². The van der Waals surface area contributed by atoms with Crippen LogP contribution in [0.2, 0.25) is 0 Å². The molecule has 6 nitrogen and oxygen atoms in total. The molecule has 0 unspecified atom stereocenters. The molecule has 0 atom stereocenters. The van der Waals surface area contributed by atoms with Crippen molar-refractivity contribution in [2.75, 3.05) is 33.7 Å². The maximum atomic E-state index is 11.8. The Morgan fingerprint density at radius 3 is 2.57 bits per heavy atom. The third-order valence-electron chi connectivity index (χ3n) is 4.65. The first-order chi connectivity index (χ1) is 13.1. The van der Waals surface area contributed by atoms with Crippen LogP contribution in [0.4, 0.5) is 0 Å². The molecule has 1 amide bonds. The van der Waals surface area contributed by atoms with Crippen LogP contribution in [-0.2, 0) is 17.6 Å². The average molecular weight is 499 g/mol. The number of para-hydroxylation sites is 1. The van der Waals surface area contributed by atoms with Crippen molar-refractivity contribution in [3.05, 3.63) is 35.5 Å². The third kappa shape index (κ3) is 7.00. The number of rotatable bonds is 9. The second-order valence-corrected chi connectivity index (χ2v) is 6.92. The van der Waals surface area contributed by atoms with E-state index in [0.29, 0.717) is 5.96 Å². The Bertz CT molecular complexity index is 769. The number of unbranched alkanes of at least 4 members (excludes halogenated alkanes) is 1. The number of hydrogen-bond acceptors (Lipinski definition) is 2. The second kappa shape index (κ2) is 12.6. The lowest BCUT2D eigenvalue weighted by Crippen LogP contribution is -2.39. The zero-order valence-electron chi connectivity index (χ0n) is 17.5. The van der Waals surface area contributed by atoms with E-state index < -0.39 is 0 Å². The van der Waals surface area contributed by atoms with Gasteiger partial charge in [-0.2, -0.15) is 0 Å². The van der Waals surface area contributed by atoms with Crippen LogP contribution in [0, 0.1) is 0 Å². The Balaban J connectivity index is 0.00000392. The molecular formula is C21H34IN5O. The number of fused-ring (bicyclic) bond motifs is 1. The van der Waals surface area contributed by atoms with E-state index in [9.17, 15) is 4.79 Å². The summed E-state index contributed by atoms with van der Waals surface area (Å²) in [5.74, 6) is 0.697. The zero-order chi connectivity index (χ0) is 19.6. The number of carbonyl (C=O) groups excluding carboxylic acids is 1. The lowest BCUT2D eigenvalue weighted by molar-refractivity contribution is -0.127. The number of nitrogens with zero attached hydrogens (tertiary/aromatic N) is 2. The molecule has 0 spiro atoms. The van der Waals surface area contributed by atoms with E-state index in [2.05, 4.69) is 58.9 Å². The number of aliphatic imine (C=N–C) groups is 1. The van der Waals surface area contributed by atoms with E-state index in [1.807, 2.05) is 0 Å². The SMILES string of the molecule is CCCCNC(=NCC(=O)N(C)C)NCCc1c[nH]c2c(CC)cccc12.I. The maximum Gasteiger partial charge on any atom is 0.243 e. The van der Waals surface area contributed by atoms with Gasteiger partial charge >= 0.3 is 0 Å². The van der Waals surface area contributed by atoms with E-state index >= 15 is 0 Å². The minimum atomic E-state index is -0.00434. The fourth-order valence-electron chi connectivity index (χ4n) is 2.94. The van der Waals surface area contributed by atoms with Gasteiger partial charge in [-0.05, 0) is 30.4 Å². The Hall–Kier alpha value is -1.77. The fourth-order valence-corrected chi connectivity index (χ4v) is 2.94. The number of H-pyrrole nitrogens is 1. The number of amides is 1. The maximum absolute atomic E-state index is 11.8. The summed E-state index contributed by atoms with van der Waals surface area (Å²) < 4.78 is 0. The molecule has 0 saturated heterocycles. The van der Waals surface area contributed by atoms with Crippen molar-refractivity contribution in [3.8, 4) is 0 Å². The molecule has 1 aromatic heterocycles. The summed E-state index contributed by atoms with van der Waals surface area (Å²) in [6, 6.07) is 6.47. The van der Waals surface area contributed by atoms with Gasteiger partial charge in [-0.1, -0.05) is 38.5 Å². The molecule has 7 heteroatoms. The van der Waals surface area contributed by atoms with Crippen molar-refractivity contribution < 1.29 is 4.79 Å². The normalized spacial score (nSPS) is 11.2. The minimum Gasteiger partial charge on any atom is -0.361 e. The zero-order valence-corrected chi connectivity index (χ0v) is 19.8. The number of aromatic nitrogens is 1. The summed E-state index contributed by atoms with van der Waals surface area (Å²) in [5.41, 5.74) is 3.88. The first kappa shape index (κ1) is 24.3. The first-order valence-electron chi connectivity index (χ1n) is 9.87. The standard InChI is InChI=1S/C21H33N5O.HI/c1-5-7-12-22-21(25-15-19(27)26(3)4)23-13-11-17-14-24-20-16(6-2)9-8-10-18(17)20;/h8-10,14,24H,5-7,11-13,15H2,1-4H3,(H2,22,23,25);1H. The quantitative estimate of drug-likeness (QED) is 0.215. The summed E-state index contributed by atoms with van der Waals surface area (Å²) in [6.45, 7) is 6.10. The highest BCUT2D eigenvalue weighted by atomic mass is 127. The number of guanidine groups is 1. The molecule has 0 radical (unpaired) electrons. The van der Waals surface area contributed by atoms with Gasteiger partial charge in [0.05, 0.1) is 0 Å². The lowest BCUT2D eigenvalue weighted by Gasteiger charge is -2.13. The number of benzene rings is 1. The van der Waals surface area contributed by atoms with Crippen molar-refractivity contribution in [2.24, 2.45) is 4.99 Å². The van der Waals surface area contributed by atoms with Crippen molar-refractivity contribution in [1.29, 1.82) is 0 Å². The molecule has 2 aromatic rings. The molecule has 0 aliphatic rings. The Morgan fingerprint density at radius 1 is 1.14 bits per heavy atom. The average Bonchev–Trinajstić information content (AvgIpc) is 3.08. The van der Waals surface area contributed by atoms with Crippen LogP contribution in [0.5, 0.6) is 0 Å². The van der Waals surface area contributed by atoms with Gasteiger partial charge < -0.3 is 20.5 Å². The molecule has 28 heavy (non-hydrogen) atoms. The van der Waals surface area contributed by atoms with Gasteiger partial charge in [0.25, 0.3) is 0 Å². The van der Waals surface area contributed by atoms with E-state index in [1.165, 1.54) is 22.0 Å². The molecule has 0 aliphatic heterocycles. The van der Waals surface area contributed by atoms with E-state index in [0.717, 1.165) is 38.8 Å². The molecule has 3 N–H and O–H groups in total. The number of likely N-dealkylation sites (N-methyl/N-ethyl adjacent to an activating group) is 1. The molecule has 0 saturated carbocycles. The van der Waals surface area contributed by atoms with Crippen molar-refractivity contribution in [2.45, 2.75) is 39.5 Å². The topological polar surface area (TPSA) is 72.5 Å². The van der Waals surface area contributed by atoms with Gasteiger partial charge in [0, 0.05) is 44.3 Å². The molecule has 0 aliphatic carbocycles. The van der Waals surface area contributed by atoms with Crippen LogP contribution < -0.4 is 10.6 Å². The highest BCUT2D eigenvalue weighted by Gasteiger charge is 2.08. The Kier molecular flexibility index (Phi) is 11.0. The number of halogens is 1. The van der Waals surface area contributed by atoms with E-state index in [-0.39, 0.29) is 36.4 Å². The van der Waals surface area contributed by atoms with Crippen LogP contribution in [0.3, 0.4) is 0 Å². The summed E-state index contributed by atoms with van der Waals surface area (Å²) in [6.07, 6.45) is 6.20. The number of carbonyl (C=O) groups is 1. The van der Waals surface area contributed by atoms with Gasteiger partial charge in [0.15, 0.2) is 5.96 Å². The number of hydrogen-bond donors (Lipinski definition) is 3. The van der Waals surface area contributed by atoms with Gasteiger partial charge in [-0.15, -0.1) is 24.0 Å². The van der Waals surface area contributed by atoms with Gasteiger partial charge in [0.2, 0.25) is 5.91 Å². The summed E-state index contributed by atoms with van der Waals surface area (Å²) >= 11 is 0. The summed E-state index contributed by atoms with van der Waals surface area (Å²) in [7, 11) is 3.49. The lowest BCUT2D eigenvalue weighted by atomic mass is 10.1. The van der Waals surface area contributed by atoms with Gasteiger partial charge in [-0.3, -0.25) is 4.79 Å². The monoisotopic (exact) mass is 499 g/mol. The Labute approximate surface area is 185 Å². The Morgan fingerprint density at radius 2 is 1.89 bits per heavy atom. The summed E-state index contributed by atoms with van der Waals surface area (Å²) in [4.78, 5) is 21.2. The van der Waals surface area contributed by atoms with Crippen LogP contribution >= 0.6 is 24.0 Å². The predicted molar refractivity (Wildman–Crippen MR) is 129 cm³/mol. The molecule has 1 aromatic carbocycles. The van der Waals surface area contributed by atoms with Crippen molar-refractivity contribution in [1.82, 2.24) is 20.5 Å². The third-order valence-corrected chi connectivity index (χ3v) is 4.65. The molecule has 0 bridgehead atoms. The van der Waals surface area contributed by atoms with E-state index in [1.54, 1.807) is 19.0 Å². The van der Waals surface area contributed by atoms with Crippen molar-refractivity contribution in [3.63, 3.8) is 0 Å². The highest BCUT2D eigenvalue weighted by Crippen LogP contribution is 2.22. The number of aromatic amines is 1. The van der Waals surface area contributed by atoms with Crippen LogP contribution in [-0.4, -0.2) is 55.5 Å². The molecular weight excluding hydrogens is 465 g/mol. The van der Waals surface area contributed by atoms with Gasteiger partial charge in [-0.25, -0.2) is 4.99 Å². The summed E-state index contributed by atoms with van der Waals surface area (Å²) in [5, 5.41) is 7.96. The smallest absolute Gasteiger partial charge is 0.243 e. The first-order valence-corrected chi connectivity index (χ1v) is 9.87. The van der Waals surface area contributed by atoms with Crippen LogP contribution in [0.25, 0.3) is 10.9 Å². The fraction of sp³-hybridized carbons (Fsp3) is 0.524. The van der Waals surface area contributed by atoms with Gasteiger partial charge in [0.1, 0.15) is 6.54 Å². The van der Waals surface area contributed by atoms with E-state index in [4.69, 9.17) is 0 Å². The van der Waals surface area contributed by atoms with Crippen LogP contribution in [0.15, 0.2) is 29.4 Å².